The van der Waals surface area contributed by atoms with Crippen molar-refractivity contribution >= 4 is 0 Å². The minimum Gasteiger partial charge on any atom is -0.504 e. The predicted molar refractivity (Wildman–Crippen MR) is 51.5 cm³/mol. The highest BCUT2D eigenvalue weighted by molar-refractivity contribution is 5.43. The van der Waals surface area contributed by atoms with Crippen LogP contribution in [0.1, 0.15) is 5.56 Å². The van der Waals surface area contributed by atoms with Gasteiger partial charge in [0.25, 0.3) is 0 Å². The van der Waals surface area contributed by atoms with Crippen LogP contribution in [0.5, 0.6) is 11.5 Å². The van der Waals surface area contributed by atoms with E-state index >= 15 is 0 Å². The van der Waals surface area contributed by atoms with E-state index in [0.29, 0.717) is 6.54 Å². The monoisotopic (exact) mass is 182 g/mol. The van der Waals surface area contributed by atoms with Gasteiger partial charge < -0.3 is 14.7 Å². The molecule has 0 spiro atoms. The predicted octanol–water partition coefficient (Wildman–Crippen LogP) is 1.30. The molecule has 0 aliphatic heterocycles. The molecular weight excluding hydrogens is 166 g/mol. The molecule has 72 valence electrons. The van der Waals surface area contributed by atoms with Crippen molar-refractivity contribution in [1.82, 2.24) is 0 Å². The van der Waals surface area contributed by atoms with Crippen molar-refractivity contribution in [3.05, 3.63) is 23.8 Å². The molecule has 0 amide bonds. The number of para-hydroxylation sites is 1. The van der Waals surface area contributed by atoms with Gasteiger partial charge in [-0.05, 0) is 12.1 Å². The Bertz CT molecular complexity index is 302. The van der Waals surface area contributed by atoms with Crippen LogP contribution in [0.4, 0.5) is 0 Å². The number of phenolic OH excluding ortho intramolecular Hbond substituents is 2. The first-order chi connectivity index (χ1) is 5.90. The van der Waals surface area contributed by atoms with Gasteiger partial charge in [-0.15, -0.1) is 0 Å². The zero-order chi connectivity index (χ0) is 10.1. The summed E-state index contributed by atoms with van der Waals surface area (Å²) in [6.45, 7) is 0.695. The van der Waals surface area contributed by atoms with E-state index in [1.54, 1.807) is 6.07 Å². The van der Waals surface area contributed by atoms with Crippen LogP contribution in [0, 0.1) is 0 Å². The lowest BCUT2D eigenvalue weighted by Crippen LogP contribution is -2.33. The summed E-state index contributed by atoms with van der Waals surface area (Å²) >= 11 is 0. The first kappa shape index (κ1) is 9.86. The molecule has 0 atom stereocenters. The SMILES string of the molecule is C[N+](C)(C)Cc1cccc(O)c1O. The maximum Gasteiger partial charge on any atom is 0.166 e. The topological polar surface area (TPSA) is 40.5 Å². The van der Waals surface area contributed by atoms with Crippen LogP contribution in [0.25, 0.3) is 0 Å². The summed E-state index contributed by atoms with van der Waals surface area (Å²) in [6.07, 6.45) is 0. The van der Waals surface area contributed by atoms with E-state index in [9.17, 15) is 10.2 Å². The molecule has 0 unspecified atom stereocenters. The molecule has 0 aromatic heterocycles. The van der Waals surface area contributed by atoms with Crippen molar-refractivity contribution in [1.29, 1.82) is 0 Å². The molecule has 3 heteroatoms. The molecule has 2 N–H and O–H groups in total. The Balaban J connectivity index is 2.96. The normalized spacial score (nSPS) is 11.6. The van der Waals surface area contributed by atoms with Gasteiger partial charge in [-0.25, -0.2) is 0 Å². The van der Waals surface area contributed by atoms with Crippen molar-refractivity contribution in [2.24, 2.45) is 0 Å². The second-order valence-corrected chi connectivity index (χ2v) is 4.23. The van der Waals surface area contributed by atoms with Gasteiger partial charge >= 0.3 is 0 Å². The Morgan fingerprint density at radius 2 is 1.77 bits per heavy atom. The van der Waals surface area contributed by atoms with Gasteiger partial charge in [0.15, 0.2) is 11.5 Å². The third-order valence-electron chi connectivity index (χ3n) is 1.74. The van der Waals surface area contributed by atoms with E-state index < -0.39 is 0 Å². The van der Waals surface area contributed by atoms with E-state index in [1.807, 2.05) is 27.2 Å². The maximum absolute atomic E-state index is 9.50. The second kappa shape index (κ2) is 3.26. The van der Waals surface area contributed by atoms with Gasteiger partial charge in [0.2, 0.25) is 0 Å². The smallest absolute Gasteiger partial charge is 0.166 e. The minimum absolute atomic E-state index is 0.00412. The summed E-state index contributed by atoms with van der Waals surface area (Å²) in [5.74, 6) is -0.0542. The van der Waals surface area contributed by atoms with Crippen molar-refractivity contribution in [2.75, 3.05) is 21.1 Å². The Labute approximate surface area is 78.4 Å². The zero-order valence-electron chi connectivity index (χ0n) is 8.28. The number of hydrogen-bond donors (Lipinski definition) is 2. The lowest BCUT2D eigenvalue weighted by Gasteiger charge is -2.24. The summed E-state index contributed by atoms with van der Waals surface area (Å²) < 4.78 is 0.719. The Kier molecular flexibility index (Phi) is 2.48. The standard InChI is InChI=1S/C10H15NO2/c1-11(2,3)7-8-5-4-6-9(12)10(8)13/h4-6H,7H2,1-3H3,(H-,12,13)/p+1. The third kappa shape index (κ3) is 2.63. The van der Waals surface area contributed by atoms with Gasteiger partial charge in [0.1, 0.15) is 6.54 Å². The van der Waals surface area contributed by atoms with Crippen LogP contribution in [0.2, 0.25) is 0 Å². The summed E-state index contributed by atoms with van der Waals surface area (Å²) in [4.78, 5) is 0. The van der Waals surface area contributed by atoms with E-state index in [1.165, 1.54) is 6.07 Å². The molecule has 0 saturated heterocycles. The Morgan fingerprint density at radius 3 is 2.31 bits per heavy atom. The fourth-order valence-electron chi connectivity index (χ4n) is 1.22. The van der Waals surface area contributed by atoms with Crippen LogP contribution in [0.15, 0.2) is 18.2 Å². The van der Waals surface area contributed by atoms with Crippen LogP contribution < -0.4 is 0 Å². The largest absolute Gasteiger partial charge is 0.504 e. The number of rotatable bonds is 2. The fraction of sp³-hybridized carbons (Fsp3) is 0.400. The maximum atomic E-state index is 9.50. The van der Waals surface area contributed by atoms with E-state index in [2.05, 4.69) is 0 Å². The molecule has 0 saturated carbocycles. The molecule has 3 nitrogen and oxygen atoms in total. The Morgan fingerprint density at radius 1 is 1.15 bits per heavy atom. The van der Waals surface area contributed by atoms with Crippen LogP contribution in [0.3, 0.4) is 0 Å². The number of hydrogen-bond acceptors (Lipinski definition) is 2. The quantitative estimate of drug-likeness (QED) is 0.534. The summed E-state index contributed by atoms with van der Waals surface area (Å²) in [7, 11) is 6.09. The second-order valence-electron chi connectivity index (χ2n) is 4.23. The molecule has 0 radical (unpaired) electrons. The molecule has 0 aliphatic carbocycles. The number of nitrogens with zero attached hydrogens (tertiary/aromatic N) is 1. The van der Waals surface area contributed by atoms with Gasteiger partial charge in [0.05, 0.1) is 26.7 Å². The van der Waals surface area contributed by atoms with Crippen molar-refractivity contribution in [3.63, 3.8) is 0 Å². The highest BCUT2D eigenvalue weighted by atomic mass is 16.3. The minimum atomic E-state index is -0.0500. The molecule has 0 bridgehead atoms. The number of quaternary nitrogens is 1. The van der Waals surface area contributed by atoms with Gasteiger partial charge in [-0.1, -0.05) is 6.07 Å². The molecule has 1 rings (SSSR count). The Hall–Kier alpha value is -1.22. The third-order valence-corrected chi connectivity index (χ3v) is 1.74. The molecule has 13 heavy (non-hydrogen) atoms. The fourth-order valence-corrected chi connectivity index (χ4v) is 1.22. The van der Waals surface area contributed by atoms with Crippen molar-refractivity contribution < 1.29 is 14.7 Å². The summed E-state index contributed by atoms with van der Waals surface area (Å²) in [6, 6.07) is 5.03. The highest BCUT2D eigenvalue weighted by Gasteiger charge is 2.13. The molecule has 0 aliphatic rings. The van der Waals surface area contributed by atoms with Crippen LogP contribution in [-0.2, 0) is 6.54 Å². The molecular formula is C10H16NO2+. The number of benzene rings is 1. The molecule has 1 aromatic rings. The van der Waals surface area contributed by atoms with Crippen molar-refractivity contribution in [3.8, 4) is 11.5 Å². The van der Waals surface area contributed by atoms with Gasteiger partial charge in [0, 0.05) is 0 Å². The number of phenols is 2. The van der Waals surface area contributed by atoms with E-state index in [4.69, 9.17) is 0 Å². The van der Waals surface area contributed by atoms with Crippen molar-refractivity contribution in [2.45, 2.75) is 6.54 Å². The lowest BCUT2D eigenvalue weighted by atomic mass is 10.1. The van der Waals surface area contributed by atoms with Crippen LogP contribution >= 0.6 is 0 Å². The first-order valence-electron chi connectivity index (χ1n) is 4.20. The summed E-state index contributed by atoms with van der Waals surface area (Å²) in [5, 5.41) is 18.7. The summed E-state index contributed by atoms with van der Waals surface area (Å²) in [5.41, 5.74) is 0.771. The average molecular weight is 182 g/mol. The lowest BCUT2D eigenvalue weighted by molar-refractivity contribution is -0.884. The van der Waals surface area contributed by atoms with Gasteiger partial charge in [-0.3, -0.25) is 0 Å². The van der Waals surface area contributed by atoms with Crippen LogP contribution in [-0.4, -0.2) is 35.8 Å². The zero-order valence-corrected chi connectivity index (χ0v) is 8.28. The number of aromatic hydroxyl groups is 2. The van der Waals surface area contributed by atoms with Gasteiger partial charge in [-0.2, -0.15) is 0 Å². The molecule has 0 heterocycles. The molecule has 0 fully saturated rings. The average Bonchev–Trinajstić information content (AvgIpc) is 1.96. The van der Waals surface area contributed by atoms with E-state index in [-0.39, 0.29) is 11.5 Å². The van der Waals surface area contributed by atoms with E-state index in [0.717, 1.165) is 10.0 Å². The highest BCUT2D eigenvalue weighted by Crippen LogP contribution is 2.29. The molecule has 1 aromatic carbocycles. The first-order valence-corrected chi connectivity index (χ1v) is 4.20.